The van der Waals surface area contributed by atoms with E-state index in [4.69, 9.17) is 0 Å². The smallest absolute Gasteiger partial charge is 0.295 e. The number of nitrogens with zero attached hydrogens (tertiary/aromatic N) is 2. The topological polar surface area (TPSA) is 90.7 Å². The van der Waals surface area contributed by atoms with Crippen LogP contribution >= 0.6 is 0 Å². The van der Waals surface area contributed by atoms with Gasteiger partial charge in [-0.2, -0.15) is 0 Å². The summed E-state index contributed by atoms with van der Waals surface area (Å²) < 4.78 is 0. The zero-order valence-electron chi connectivity index (χ0n) is 16.3. The van der Waals surface area contributed by atoms with E-state index in [9.17, 15) is 19.8 Å². The molecule has 4 rings (SSSR count). The van der Waals surface area contributed by atoms with Crippen molar-refractivity contribution in [2.45, 2.75) is 19.5 Å². The number of aryl methyl sites for hydroxylation is 1. The van der Waals surface area contributed by atoms with E-state index < -0.39 is 17.7 Å². The van der Waals surface area contributed by atoms with E-state index in [-0.39, 0.29) is 23.6 Å². The lowest BCUT2D eigenvalue weighted by atomic mass is 9.95. The zero-order chi connectivity index (χ0) is 21.3. The number of hydrogen-bond donors (Lipinski definition) is 2. The number of carbonyl (C=O) groups excluding carboxylic acids is 2. The summed E-state index contributed by atoms with van der Waals surface area (Å²) in [7, 11) is 0. The molecule has 1 fully saturated rings. The lowest BCUT2D eigenvalue weighted by Gasteiger charge is -2.25. The van der Waals surface area contributed by atoms with Gasteiger partial charge in [0.2, 0.25) is 0 Å². The first-order chi connectivity index (χ1) is 14.5. The predicted molar refractivity (Wildman–Crippen MR) is 111 cm³/mol. The second-order valence-electron chi connectivity index (χ2n) is 7.25. The molecule has 0 bridgehead atoms. The van der Waals surface area contributed by atoms with Crippen molar-refractivity contribution in [2.75, 3.05) is 0 Å². The van der Waals surface area contributed by atoms with E-state index in [2.05, 4.69) is 4.98 Å². The van der Waals surface area contributed by atoms with Gasteiger partial charge in [0, 0.05) is 24.5 Å². The average Bonchev–Trinajstić information content (AvgIpc) is 3.00. The lowest BCUT2D eigenvalue weighted by molar-refractivity contribution is -0.140. The van der Waals surface area contributed by atoms with E-state index in [1.165, 1.54) is 17.0 Å². The Hall–Kier alpha value is -3.93. The van der Waals surface area contributed by atoms with Gasteiger partial charge in [0.25, 0.3) is 11.7 Å². The van der Waals surface area contributed by atoms with Crippen molar-refractivity contribution in [1.29, 1.82) is 0 Å². The molecule has 1 unspecified atom stereocenters. The summed E-state index contributed by atoms with van der Waals surface area (Å²) in [6.07, 6.45) is 3.26. The molecule has 2 heterocycles. The SMILES string of the molecule is Cc1ccc(/C(O)=C2/C(=O)C(=O)N(Cc3cccnc3)C2c2ccc(O)cc2)cc1. The molecule has 30 heavy (non-hydrogen) atoms. The van der Waals surface area contributed by atoms with Gasteiger partial charge in [0.15, 0.2) is 0 Å². The summed E-state index contributed by atoms with van der Waals surface area (Å²) in [4.78, 5) is 31.4. The van der Waals surface area contributed by atoms with Gasteiger partial charge in [-0.25, -0.2) is 0 Å². The number of carbonyl (C=O) groups is 2. The minimum absolute atomic E-state index is 0.0263. The number of phenols is 1. The van der Waals surface area contributed by atoms with Crippen molar-refractivity contribution in [3.8, 4) is 5.75 Å². The van der Waals surface area contributed by atoms with E-state index in [1.54, 1.807) is 42.7 Å². The van der Waals surface area contributed by atoms with Crippen molar-refractivity contribution in [1.82, 2.24) is 9.88 Å². The number of benzene rings is 2. The molecule has 1 aromatic heterocycles. The van der Waals surface area contributed by atoms with E-state index >= 15 is 0 Å². The van der Waals surface area contributed by atoms with Gasteiger partial charge in [0.1, 0.15) is 11.5 Å². The van der Waals surface area contributed by atoms with Crippen LogP contribution in [0, 0.1) is 6.92 Å². The molecule has 1 aliphatic rings. The van der Waals surface area contributed by atoms with Crippen LogP contribution in [-0.4, -0.2) is 31.8 Å². The fraction of sp³-hybridized carbons (Fsp3) is 0.125. The molecule has 1 amide bonds. The van der Waals surface area contributed by atoms with Gasteiger partial charge in [-0.1, -0.05) is 48.0 Å². The number of amides is 1. The third-order valence-corrected chi connectivity index (χ3v) is 5.15. The van der Waals surface area contributed by atoms with Gasteiger partial charge in [-0.3, -0.25) is 14.6 Å². The second-order valence-corrected chi connectivity index (χ2v) is 7.25. The van der Waals surface area contributed by atoms with Crippen molar-refractivity contribution in [3.63, 3.8) is 0 Å². The fourth-order valence-electron chi connectivity index (χ4n) is 3.60. The van der Waals surface area contributed by atoms with Crippen LogP contribution in [0.25, 0.3) is 5.76 Å². The van der Waals surface area contributed by atoms with Gasteiger partial charge in [0.05, 0.1) is 11.6 Å². The Balaban J connectivity index is 1.85. The standard InChI is InChI=1S/C24H20N2O4/c1-15-4-6-18(7-5-15)22(28)20-21(17-8-10-19(27)11-9-17)26(24(30)23(20)29)14-16-3-2-12-25-13-16/h2-13,21,27-28H,14H2,1H3/b22-20-. The number of hydrogen-bond acceptors (Lipinski definition) is 5. The Morgan fingerprint density at radius 1 is 1.03 bits per heavy atom. The third kappa shape index (κ3) is 3.55. The number of phenolic OH excluding ortho intramolecular Hbond substituents is 1. The van der Waals surface area contributed by atoms with Gasteiger partial charge in [-0.05, 0) is 36.2 Å². The van der Waals surface area contributed by atoms with Crippen LogP contribution in [0.1, 0.15) is 28.3 Å². The first-order valence-electron chi connectivity index (χ1n) is 9.49. The summed E-state index contributed by atoms with van der Waals surface area (Å²) in [5.74, 6) is -1.58. The Morgan fingerprint density at radius 3 is 2.37 bits per heavy atom. The van der Waals surface area contributed by atoms with Crippen molar-refractivity contribution >= 4 is 17.4 Å². The highest BCUT2D eigenvalue weighted by Gasteiger charge is 2.46. The molecule has 6 heteroatoms. The largest absolute Gasteiger partial charge is 0.508 e. The molecule has 0 radical (unpaired) electrons. The number of aromatic hydroxyl groups is 1. The summed E-state index contributed by atoms with van der Waals surface area (Å²) in [5, 5.41) is 20.7. The number of aromatic nitrogens is 1. The van der Waals surface area contributed by atoms with Crippen LogP contribution in [0.2, 0.25) is 0 Å². The van der Waals surface area contributed by atoms with Crippen LogP contribution in [-0.2, 0) is 16.1 Å². The molecule has 6 nitrogen and oxygen atoms in total. The van der Waals surface area contributed by atoms with Gasteiger partial charge < -0.3 is 15.1 Å². The number of aliphatic hydroxyl groups excluding tert-OH is 1. The third-order valence-electron chi connectivity index (χ3n) is 5.15. The van der Waals surface area contributed by atoms with Crippen LogP contribution in [0.4, 0.5) is 0 Å². The van der Waals surface area contributed by atoms with Crippen LogP contribution < -0.4 is 0 Å². The molecule has 0 aliphatic carbocycles. The van der Waals surface area contributed by atoms with Gasteiger partial charge in [-0.15, -0.1) is 0 Å². The molecule has 3 aromatic rings. The molecule has 0 spiro atoms. The molecule has 0 saturated carbocycles. The summed E-state index contributed by atoms with van der Waals surface area (Å²) >= 11 is 0. The molecule has 150 valence electrons. The highest BCUT2D eigenvalue weighted by molar-refractivity contribution is 6.46. The number of aliphatic hydroxyl groups is 1. The maximum atomic E-state index is 13.0. The van der Waals surface area contributed by atoms with Crippen molar-refractivity contribution in [3.05, 3.63) is 101 Å². The number of ketones is 1. The monoisotopic (exact) mass is 400 g/mol. The highest BCUT2D eigenvalue weighted by atomic mass is 16.3. The summed E-state index contributed by atoms with van der Waals surface area (Å²) in [5.41, 5.74) is 2.88. The lowest BCUT2D eigenvalue weighted by Crippen LogP contribution is -2.29. The summed E-state index contributed by atoms with van der Waals surface area (Å²) in [6.45, 7) is 2.09. The molecule has 2 N–H and O–H groups in total. The van der Waals surface area contributed by atoms with Crippen molar-refractivity contribution < 1.29 is 19.8 Å². The minimum Gasteiger partial charge on any atom is -0.508 e. The second kappa shape index (κ2) is 7.83. The first-order valence-corrected chi connectivity index (χ1v) is 9.49. The van der Waals surface area contributed by atoms with Gasteiger partial charge >= 0.3 is 0 Å². The average molecular weight is 400 g/mol. The zero-order valence-corrected chi connectivity index (χ0v) is 16.3. The molecule has 1 saturated heterocycles. The van der Waals surface area contributed by atoms with Crippen LogP contribution in [0.3, 0.4) is 0 Å². The molecular formula is C24H20N2O4. The Kier molecular flexibility index (Phi) is 5.06. The normalized spacial score (nSPS) is 18.0. The maximum absolute atomic E-state index is 13.0. The highest BCUT2D eigenvalue weighted by Crippen LogP contribution is 2.40. The first kappa shape index (κ1) is 19.4. The predicted octanol–water partition coefficient (Wildman–Crippen LogP) is 3.72. The van der Waals surface area contributed by atoms with E-state index in [0.717, 1.165) is 11.1 Å². The fourth-order valence-corrected chi connectivity index (χ4v) is 3.60. The van der Waals surface area contributed by atoms with Crippen molar-refractivity contribution in [2.24, 2.45) is 0 Å². The number of rotatable bonds is 4. The number of Topliss-reactive ketones (excluding diaryl/α,β-unsaturated/α-hetero) is 1. The quantitative estimate of drug-likeness (QED) is 0.396. The molecule has 1 aliphatic heterocycles. The number of pyridine rings is 1. The van der Waals surface area contributed by atoms with Crippen LogP contribution in [0.15, 0.2) is 78.6 Å². The van der Waals surface area contributed by atoms with Crippen LogP contribution in [0.5, 0.6) is 5.75 Å². The minimum atomic E-state index is -0.785. The number of likely N-dealkylation sites (tertiary alicyclic amines) is 1. The molecule has 1 atom stereocenters. The van der Waals surface area contributed by atoms with E-state index in [1.807, 2.05) is 25.1 Å². The Bertz CT molecular complexity index is 1120. The maximum Gasteiger partial charge on any atom is 0.295 e. The molecule has 2 aromatic carbocycles. The Morgan fingerprint density at radius 2 is 1.73 bits per heavy atom. The summed E-state index contributed by atoms with van der Waals surface area (Å²) in [6, 6.07) is 16.2. The molecular weight excluding hydrogens is 380 g/mol. The van der Waals surface area contributed by atoms with E-state index in [0.29, 0.717) is 11.1 Å². The Labute approximate surface area is 173 Å².